The highest BCUT2D eigenvalue weighted by Crippen LogP contribution is 2.28. The third-order valence-electron chi connectivity index (χ3n) is 1.09. The zero-order chi connectivity index (χ0) is 8.48. The molecule has 1 heterocycles. The summed E-state index contributed by atoms with van der Waals surface area (Å²) in [5, 5.41) is 6.81. The molecule has 0 aliphatic rings. The van der Waals surface area contributed by atoms with E-state index >= 15 is 0 Å². The second-order valence-electron chi connectivity index (χ2n) is 1.82. The highest BCUT2D eigenvalue weighted by Gasteiger charge is 2.14. The Morgan fingerprint density at radius 1 is 1.64 bits per heavy atom. The van der Waals surface area contributed by atoms with Gasteiger partial charge >= 0.3 is 0 Å². The normalized spacial score (nSPS) is 11.5. The fourth-order valence-electron chi connectivity index (χ4n) is 0.643. The van der Waals surface area contributed by atoms with Gasteiger partial charge in [0.05, 0.1) is 7.11 Å². The van der Waals surface area contributed by atoms with Crippen molar-refractivity contribution >= 4 is 21.4 Å². The van der Waals surface area contributed by atoms with E-state index in [-0.39, 0.29) is 4.90 Å². The predicted octanol–water partition coefficient (Wildman–Crippen LogP) is 0.404. The minimum Gasteiger partial charge on any atom is -0.486 e. The van der Waals surface area contributed by atoms with E-state index in [0.717, 1.165) is 0 Å². The molecule has 0 spiro atoms. The molecule has 1 rings (SSSR count). The summed E-state index contributed by atoms with van der Waals surface area (Å²) < 4.78 is 26.3. The van der Waals surface area contributed by atoms with Crippen molar-refractivity contribution < 1.29 is 13.2 Å². The molecule has 0 amide bonds. The van der Waals surface area contributed by atoms with Crippen LogP contribution >= 0.6 is 11.3 Å². The van der Waals surface area contributed by atoms with Crippen LogP contribution in [0.15, 0.2) is 16.3 Å². The highest BCUT2D eigenvalue weighted by atomic mass is 32.2. The van der Waals surface area contributed by atoms with Gasteiger partial charge in [-0.15, -0.1) is 11.3 Å². The summed E-state index contributed by atoms with van der Waals surface area (Å²) in [4.78, 5) is 0.0463. The zero-order valence-corrected chi connectivity index (χ0v) is 7.41. The molecule has 11 heavy (non-hydrogen) atoms. The fraction of sp³-hybridized carbons (Fsp3) is 0.200. The average molecular weight is 193 g/mol. The molecule has 62 valence electrons. The van der Waals surface area contributed by atoms with Crippen LogP contribution in [-0.4, -0.2) is 15.5 Å². The Bertz CT molecular complexity index is 340. The molecule has 0 radical (unpaired) electrons. The van der Waals surface area contributed by atoms with E-state index in [4.69, 9.17) is 9.88 Å². The van der Waals surface area contributed by atoms with Crippen molar-refractivity contribution in [3.05, 3.63) is 11.4 Å². The first-order valence-electron chi connectivity index (χ1n) is 2.70. The molecule has 0 saturated carbocycles. The van der Waals surface area contributed by atoms with Gasteiger partial charge in [-0.05, 0) is 11.4 Å². The Labute approximate surface area is 68.7 Å². The van der Waals surface area contributed by atoms with Gasteiger partial charge in [0.15, 0.2) is 5.06 Å². The van der Waals surface area contributed by atoms with E-state index in [1.165, 1.54) is 24.5 Å². The Kier molecular flexibility index (Phi) is 2.17. The minimum absolute atomic E-state index is 0.0463. The van der Waals surface area contributed by atoms with Crippen LogP contribution < -0.4 is 9.88 Å². The molecule has 0 aliphatic carbocycles. The standard InChI is InChI=1S/C5H7NO3S2/c1-9-5-4(2-3-10-5)11(6,7)8/h2-3H,1H3,(H2,6,7,8). The second kappa shape index (κ2) is 2.80. The molecular formula is C5H7NO3S2. The molecule has 0 unspecified atom stereocenters. The molecule has 1 aromatic rings. The Balaban J connectivity index is 3.24. The molecule has 0 aromatic carbocycles. The van der Waals surface area contributed by atoms with Gasteiger partial charge < -0.3 is 4.74 Å². The number of ether oxygens (including phenoxy) is 1. The van der Waals surface area contributed by atoms with Crippen LogP contribution in [0.25, 0.3) is 0 Å². The van der Waals surface area contributed by atoms with Gasteiger partial charge in [-0.25, -0.2) is 13.6 Å². The molecule has 4 nitrogen and oxygen atoms in total. The van der Waals surface area contributed by atoms with Gasteiger partial charge in [-0.3, -0.25) is 0 Å². The number of primary sulfonamides is 1. The summed E-state index contributed by atoms with van der Waals surface area (Å²) in [7, 11) is -2.21. The van der Waals surface area contributed by atoms with Crippen LogP contribution in [0.3, 0.4) is 0 Å². The molecule has 0 saturated heterocycles. The number of thiophene rings is 1. The second-order valence-corrected chi connectivity index (χ2v) is 4.23. The van der Waals surface area contributed by atoms with Crippen LogP contribution in [0.2, 0.25) is 0 Å². The number of methoxy groups -OCH3 is 1. The van der Waals surface area contributed by atoms with Crippen molar-refractivity contribution in [2.75, 3.05) is 7.11 Å². The molecular weight excluding hydrogens is 186 g/mol. The summed E-state index contributed by atoms with van der Waals surface area (Å²) in [5.41, 5.74) is 0. The van der Waals surface area contributed by atoms with Gasteiger partial charge in [0.2, 0.25) is 10.0 Å². The Hall–Kier alpha value is -0.590. The van der Waals surface area contributed by atoms with E-state index in [2.05, 4.69) is 0 Å². The lowest BCUT2D eigenvalue weighted by atomic mass is 10.6. The van der Waals surface area contributed by atoms with Crippen molar-refractivity contribution in [3.8, 4) is 5.06 Å². The molecule has 0 atom stereocenters. The largest absolute Gasteiger partial charge is 0.486 e. The minimum atomic E-state index is -3.62. The first-order valence-corrected chi connectivity index (χ1v) is 5.12. The maximum absolute atomic E-state index is 10.8. The van der Waals surface area contributed by atoms with Crippen LogP contribution in [0.1, 0.15) is 0 Å². The molecule has 0 fully saturated rings. The van der Waals surface area contributed by atoms with Crippen molar-refractivity contribution in [3.63, 3.8) is 0 Å². The summed E-state index contributed by atoms with van der Waals surface area (Å²) in [5.74, 6) is 0. The van der Waals surface area contributed by atoms with Crippen molar-refractivity contribution in [1.82, 2.24) is 0 Å². The van der Waals surface area contributed by atoms with Crippen LogP contribution in [0.5, 0.6) is 5.06 Å². The van der Waals surface area contributed by atoms with Crippen molar-refractivity contribution in [2.45, 2.75) is 4.90 Å². The van der Waals surface area contributed by atoms with Gasteiger partial charge in [0.25, 0.3) is 0 Å². The van der Waals surface area contributed by atoms with Gasteiger partial charge in [0, 0.05) is 0 Å². The maximum Gasteiger partial charge on any atom is 0.242 e. The number of nitrogens with two attached hydrogens (primary N) is 1. The number of sulfonamides is 1. The summed E-state index contributed by atoms with van der Waals surface area (Å²) in [6.07, 6.45) is 0. The van der Waals surface area contributed by atoms with Crippen molar-refractivity contribution in [1.29, 1.82) is 0 Å². The Morgan fingerprint density at radius 2 is 2.27 bits per heavy atom. The SMILES string of the molecule is COc1sccc1S(N)(=O)=O. The van der Waals surface area contributed by atoms with Crippen LogP contribution in [0.4, 0.5) is 0 Å². The van der Waals surface area contributed by atoms with E-state index in [9.17, 15) is 8.42 Å². The zero-order valence-electron chi connectivity index (χ0n) is 5.77. The van der Waals surface area contributed by atoms with E-state index < -0.39 is 10.0 Å². The predicted molar refractivity (Wildman–Crippen MR) is 42.2 cm³/mol. The monoisotopic (exact) mass is 193 g/mol. The van der Waals surface area contributed by atoms with Gasteiger partial charge in [0.1, 0.15) is 4.90 Å². The van der Waals surface area contributed by atoms with Gasteiger partial charge in [-0.2, -0.15) is 0 Å². The van der Waals surface area contributed by atoms with E-state index in [1.807, 2.05) is 0 Å². The third-order valence-corrected chi connectivity index (χ3v) is 3.02. The Morgan fingerprint density at radius 3 is 2.64 bits per heavy atom. The first kappa shape index (κ1) is 8.51. The average Bonchev–Trinajstić information content (AvgIpc) is 2.31. The summed E-state index contributed by atoms with van der Waals surface area (Å²) in [6, 6.07) is 1.42. The van der Waals surface area contributed by atoms with Crippen LogP contribution in [0, 0.1) is 0 Å². The molecule has 6 heteroatoms. The lowest BCUT2D eigenvalue weighted by molar-refractivity contribution is 0.416. The van der Waals surface area contributed by atoms with E-state index in [0.29, 0.717) is 5.06 Å². The maximum atomic E-state index is 10.8. The molecule has 0 aliphatic heterocycles. The smallest absolute Gasteiger partial charge is 0.242 e. The molecule has 0 bridgehead atoms. The summed E-state index contributed by atoms with van der Waals surface area (Å²) >= 11 is 1.20. The first-order chi connectivity index (χ1) is 5.05. The topological polar surface area (TPSA) is 69.4 Å². The van der Waals surface area contributed by atoms with Crippen LogP contribution in [-0.2, 0) is 10.0 Å². The van der Waals surface area contributed by atoms with Crippen molar-refractivity contribution in [2.24, 2.45) is 5.14 Å². The van der Waals surface area contributed by atoms with E-state index in [1.54, 1.807) is 5.38 Å². The lowest BCUT2D eigenvalue weighted by Gasteiger charge is -1.97. The number of rotatable bonds is 2. The highest BCUT2D eigenvalue weighted by molar-refractivity contribution is 7.89. The number of hydrogen-bond donors (Lipinski definition) is 1. The number of hydrogen-bond acceptors (Lipinski definition) is 4. The quantitative estimate of drug-likeness (QED) is 0.739. The molecule has 1 aromatic heterocycles. The summed E-state index contributed by atoms with van der Waals surface area (Å²) in [6.45, 7) is 0. The fourth-order valence-corrected chi connectivity index (χ4v) is 2.40. The third kappa shape index (κ3) is 1.70. The molecule has 2 N–H and O–H groups in total. The van der Waals surface area contributed by atoms with Gasteiger partial charge in [-0.1, -0.05) is 0 Å². The lowest BCUT2D eigenvalue weighted by Crippen LogP contribution is -2.11.